The van der Waals surface area contributed by atoms with E-state index in [0.717, 1.165) is 16.7 Å². The minimum Gasteiger partial charge on any atom is -0.493 e. The number of imide groups is 1. The molecule has 0 radical (unpaired) electrons. The fraction of sp³-hybridized carbons (Fsp3) is 0.227. The first-order chi connectivity index (χ1) is 15.7. The summed E-state index contributed by atoms with van der Waals surface area (Å²) in [6.07, 6.45) is 1.61. The molecule has 174 valence electrons. The number of methoxy groups -OCH3 is 1. The molecule has 1 heterocycles. The van der Waals surface area contributed by atoms with E-state index < -0.39 is 17.1 Å². The van der Waals surface area contributed by atoms with Crippen LogP contribution in [0, 0.1) is 3.57 Å². The zero-order chi connectivity index (χ0) is 24.1. The Kier molecular flexibility index (Phi) is 8.91. The predicted molar refractivity (Wildman–Crippen MR) is 136 cm³/mol. The number of amides is 2. The molecule has 7 nitrogen and oxygen atoms in total. The van der Waals surface area contributed by atoms with Gasteiger partial charge in [-0.2, -0.15) is 0 Å². The molecular formula is C22H18Cl2INO6S. The van der Waals surface area contributed by atoms with E-state index in [-0.39, 0.29) is 24.7 Å². The van der Waals surface area contributed by atoms with Crippen molar-refractivity contribution in [3.63, 3.8) is 0 Å². The second-order valence-corrected chi connectivity index (χ2v) is 9.63. The molecule has 0 atom stereocenters. The highest BCUT2D eigenvalue weighted by atomic mass is 127. The fourth-order valence-corrected chi connectivity index (χ4v) is 4.99. The lowest BCUT2D eigenvalue weighted by Gasteiger charge is -2.14. The largest absolute Gasteiger partial charge is 0.493 e. The van der Waals surface area contributed by atoms with Gasteiger partial charge in [-0.1, -0.05) is 29.3 Å². The molecule has 0 N–H and O–H groups in total. The van der Waals surface area contributed by atoms with Crippen LogP contribution in [0.3, 0.4) is 0 Å². The van der Waals surface area contributed by atoms with E-state index in [9.17, 15) is 14.4 Å². The summed E-state index contributed by atoms with van der Waals surface area (Å²) in [5.74, 6) is -0.153. The summed E-state index contributed by atoms with van der Waals surface area (Å²) in [7, 11) is 1.47. The average molecular weight is 622 g/mol. The van der Waals surface area contributed by atoms with Crippen molar-refractivity contribution in [1.82, 2.24) is 4.90 Å². The third-order valence-electron chi connectivity index (χ3n) is 4.41. The van der Waals surface area contributed by atoms with Gasteiger partial charge in [-0.05, 0) is 82.7 Å². The third-order valence-corrected chi connectivity index (χ3v) is 6.70. The highest BCUT2D eigenvalue weighted by Crippen LogP contribution is 2.38. The number of carbonyl (C=O) groups is 3. The monoisotopic (exact) mass is 621 g/mol. The first-order valence-electron chi connectivity index (χ1n) is 9.58. The third kappa shape index (κ3) is 6.34. The summed E-state index contributed by atoms with van der Waals surface area (Å²) in [5.41, 5.74) is 1.25. The standard InChI is InChI=1S/C22H18Cl2INO6S/c1-3-31-19(27)11-32-20-16(25)6-12(7-17(20)30-2)8-18-21(28)26(22(29)33-18)10-13-4-5-14(23)9-15(13)24/h4-9H,3,10-11H2,1-2H3/b18-8-. The molecule has 0 aliphatic carbocycles. The topological polar surface area (TPSA) is 82.1 Å². The van der Waals surface area contributed by atoms with Crippen LogP contribution in [0.25, 0.3) is 6.08 Å². The summed E-state index contributed by atoms with van der Waals surface area (Å²) >= 11 is 15.0. The number of rotatable bonds is 8. The number of hydrogen-bond acceptors (Lipinski definition) is 7. The summed E-state index contributed by atoms with van der Waals surface area (Å²) in [6, 6.07) is 8.31. The lowest BCUT2D eigenvalue weighted by Crippen LogP contribution is -2.27. The number of nitrogens with zero attached hydrogens (tertiary/aromatic N) is 1. The molecular weight excluding hydrogens is 604 g/mol. The number of esters is 1. The van der Waals surface area contributed by atoms with Gasteiger partial charge < -0.3 is 14.2 Å². The maximum atomic E-state index is 12.9. The SMILES string of the molecule is CCOC(=O)COc1c(I)cc(/C=C2\SC(=O)N(Cc3ccc(Cl)cc3Cl)C2=O)cc1OC. The number of ether oxygens (including phenoxy) is 3. The lowest BCUT2D eigenvalue weighted by molar-refractivity contribution is -0.145. The number of halogens is 3. The second kappa shape index (κ2) is 11.5. The summed E-state index contributed by atoms with van der Waals surface area (Å²) in [6.45, 7) is 1.75. The Morgan fingerprint density at radius 1 is 1.21 bits per heavy atom. The van der Waals surface area contributed by atoms with Crippen molar-refractivity contribution in [2.45, 2.75) is 13.5 Å². The Morgan fingerprint density at radius 2 is 1.97 bits per heavy atom. The highest BCUT2D eigenvalue weighted by molar-refractivity contribution is 14.1. The van der Waals surface area contributed by atoms with E-state index in [1.54, 1.807) is 43.3 Å². The number of hydrogen-bond donors (Lipinski definition) is 0. The lowest BCUT2D eigenvalue weighted by atomic mass is 10.1. The van der Waals surface area contributed by atoms with Crippen molar-refractivity contribution < 1.29 is 28.6 Å². The zero-order valence-electron chi connectivity index (χ0n) is 17.5. The highest BCUT2D eigenvalue weighted by Gasteiger charge is 2.35. The van der Waals surface area contributed by atoms with Crippen molar-refractivity contribution in [2.75, 3.05) is 20.3 Å². The molecule has 33 heavy (non-hydrogen) atoms. The Balaban J connectivity index is 1.81. The molecule has 3 rings (SSSR count). The molecule has 11 heteroatoms. The molecule has 2 aromatic carbocycles. The van der Waals surface area contributed by atoms with Crippen LogP contribution in [0.4, 0.5) is 4.79 Å². The van der Waals surface area contributed by atoms with E-state index in [4.69, 9.17) is 37.4 Å². The van der Waals surface area contributed by atoms with Crippen LogP contribution in [0.15, 0.2) is 35.2 Å². The predicted octanol–water partition coefficient (Wildman–Crippen LogP) is 5.79. The van der Waals surface area contributed by atoms with Crippen molar-refractivity contribution in [3.05, 3.63) is 60.0 Å². The van der Waals surface area contributed by atoms with Gasteiger partial charge in [0, 0.05) is 10.0 Å². The quantitative estimate of drug-likeness (QED) is 0.210. The Morgan fingerprint density at radius 3 is 2.64 bits per heavy atom. The van der Waals surface area contributed by atoms with Crippen molar-refractivity contribution >= 4 is 80.7 Å². The van der Waals surface area contributed by atoms with Crippen LogP contribution in [-0.2, 0) is 20.9 Å². The molecule has 1 fully saturated rings. The van der Waals surface area contributed by atoms with Gasteiger partial charge in [0.05, 0.1) is 28.7 Å². The summed E-state index contributed by atoms with van der Waals surface area (Å²) in [4.78, 5) is 38.4. The Bertz CT molecular complexity index is 1140. The summed E-state index contributed by atoms with van der Waals surface area (Å²) in [5, 5.41) is 0.451. The molecule has 1 saturated heterocycles. The van der Waals surface area contributed by atoms with Crippen molar-refractivity contribution in [1.29, 1.82) is 0 Å². The fourth-order valence-electron chi connectivity index (χ4n) is 2.90. The maximum Gasteiger partial charge on any atom is 0.344 e. The molecule has 0 aromatic heterocycles. The van der Waals surface area contributed by atoms with Crippen LogP contribution in [0.5, 0.6) is 11.5 Å². The van der Waals surface area contributed by atoms with E-state index >= 15 is 0 Å². The number of thioether (sulfide) groups is 1. The molecule has 0 bridgehead atoms. The minimum atomic E-state index is -0.492. The first kappa shape index (κ1) is 25.7. The molecule has 0 saturated carbocycles. The van der Waals surface area contributed by atoms with Gasteiger partial charge >= 0.3 is 5.97 Å². The molecule has 0 spiro atoms. The molecule has 1 aliphatic rings. The zero-order valence-corrected chi connectivity index (χ0v) is 22.0. The molecule has 1 aliphatic heterocycles. The van der Waals surface area contributed by atoms with E-state index in [2.05, 4.69) is 0 Å². The maximum absolute atomic E-state index is 12.9. The molecule has 0 unspecified atom stereocenters. The minimum absolute atomic E-state index is 0.0412. The van der Waals surface area contributed by atoms with Gasteiger partial charge in [-0.3, -0.25) is 14.5 Å². The van der Waals surface area contributed by atoms with Gasteiger partial charge in [0.1, 0.15) is 0 Å². The van der Waals surface area contributed by atoms with Crippen LogP contribution in [0.1, 0.15) is 18.1 Å². The van der Waals surface area contributed by atoms with Crippen molar-refractivity contribution in [2.24, 2.45) is 0 Å². The van der Waals surface area contributed by atoms with Crippen molar-refractivity contribution in [3.8, 4) is 11.5 Å². The van der Waals surface area contributed by atoms with Gasteiger partial charge in [0.15, 0.2) is 18.1 Å². The average Bonchev–Trinajstić information content (AvgIpc) is 3.01. The Hall–Kier alpha value is -1.95. The van der Waals surface area contributed by atoms with Gasteiger partial charge in [0.25, 0.3) is 11.1 Å². The first-order valence-corrected chi connectivity index (χ1v) is 12.2. The van der Waals surface area contributed by atoms with Crippen LogP contribution in [0.2, 0.25) is 10.0 Å². The van der Waals surface area contributed by atoms with Gasteiger partial charge in [-0.15, -0.1) is 0 Å². The van der Waals surface area contributed by atoms with Crippen LogP contribution in [-0.4, -0.2) is 42.3 Å². The number of carbonyl (C=O) groups excluding carboxylic acids is 3. The van der Waals surface area contributed by atoms with Crippen LogP contribution < -0.4 is 9.47 Å². The summed E-state index contributed by atoms with van der Waals surface area (Å²) < 4.78 is 16.5. The molecule has 2 aromatic rings. The smallest absolute Gasteiger partial charge is 0.344 e. The van der Waals surface area contributed by atoms with Crippen LogP contribution >= 0.6 is 57.6 Å². The van der Waals surface area contributed by atoms with Gasteiger partial charge in [-0.25, -0.2) is 4.79 Å². The van der Waals surface area contributed by atoms with E-state index in [0.29, 0.717) is 36.2 Å². The van der Waals surface area contributed by atoms with Gasteiger partial charge in [0.2, 0.25) is 0 Å². The second-order valence-electron chi connectivity index (χ2n) is 6.63. The van der Waals surface area contributed by atoms with E-state index in [1.807, 2.05) is 22.6 Å². The normalized spacial score (nSPS) is 14.7. The number of benzene rings is 2. The van der Waals surface area contributed by atoms with E-state index in [1.165, 1.54) is 7.11 Å². The Labute approximate surface area is 218 Å². The molecule has 2 amide bonds.